The minimum Gasteiger partial charge on any atom is -0.455 e. The molecule has 6 nitrogen and oxygen atoms in total. The number of furan rings is 1. The summed E-state index contributed by atoms with van der Waals surface area (Å²) < 4.78 is 12.6. The molecule has 0 spiro atoms. The van der Waals surface area contributed by atoms with Crippen LogP contribution in [0.4, 0.5) is 0 Å². The third-order valence-corrected chi connectivity index (χ3v) is 6.99. The smallest absolute Gasteiger partial charge is 0.231 e. The van der Waals surface area contributed by atoms with Gasteiger partial charge in [-0.25, -0.2) is 19.9 Å². The topological polar surface area (TPSA) is 77.8 Å². The number of benzene rings is 5. The van der Waals surface area contributed by atoms with Crippen LogP contribution < -0.4 is 0 Å². The molecule has 6 heteroatoms. The predicted octanol–water partition coefficient (Wildman–Crippen LogP) is 8.58. The lowest BCUT2D eigenvalue weighted by Crippen LogP contribution is -2.00. The van der Waals surface area contributed by atoms with Crippen molar-refractivity contribution in [3.8, 4) is 45.6 Å². The summed E-state index contributed by atoms with van der Waals surface area (Å²) in [5, 5.41) is 1.87. The van der Waals surface area contributed by atoms with E-state index >= 15 is 0 Å². The first kappa shape index (κ1) is 22.4. The van der Waals surface area contributed by atoms with Crippen molar-refractivity contribution in [3.05, 3.63) is 121 Å². The number of fused-ring (bicyclic) bond motifs is 4. The van der Waals surface area contributed by atoms with Crippen LogP contribution in [0.5, 0.6) is 0 Å². The van der Waals surface area contributed by atoms with Gasteiger partial charge in [-0.05, 0) is 24.3 Å². The second-order valence-corrected chi connectivity index (χ2v) is 9.49. The summed E-state index contributed by atoms with van der Waals surface area (Å²) in [7, 11) is 0. The van der Waals surface area contributed by atoms with Gasteiger partial charge in [0.05, 0.1) is 5.56 Å². The SMILES string of the molecule is c1ccc(-c2nc(-c3ccccc3)nc(-c3cccc4oc5c(-c6nc7ccccc7o6)cccc5c34)n2)cc1. The van der Waals surface area contributed by atoms with Gasteiger partial charge in [-0.3, -0.25) is 0 Å². The van der Waals surface area contributed by atoms with Crippen molar-refractivity contribution in [1.82, 2.24) is 19.9 Å². The van der Waals surface area contributed by atoms with E-state index in [9.17, 15) is 0 Å². The van der Waals surface area contributed by atoms with E-state index in [2.05, 4.69) is 0 Å². The maximum absolute atomic E-state index is 6.45. The molecule has 8 aromatic rings. The highest BCUT2D eigenvalue weighted by molar-refractivity contribution is 6.14. The molecule has 0 aliphatic rings. The lowest BCUT2D eigenvalue weighted by molar-refractivity contribution is 0.615. The van der Waals surface area contributed by atoms with Crippen molar-refractivity contribution < 1.29 is 8.83 Å². The summed E-state index contributed by atoms with van der Waals surface area (Å²) in [6.07, 6.45) is 0. The number of nitrogens with zero attached hydrogens (tertiary/aromatic N) is 4. The summed E-state index contributed by atoms with van der Waals surface area (Å²) >= 11 is 0. The van der Waals surface area contributed by atoms with Gasteiger partial charge in [0.2, 0.25) is 5.89 Å². The van der Waals surface area contributed by atoms with E-state index in [-0.39, 0.29) is 0 Å². The molecule has 0 saturated carbocycles. The van der Waals surface area contributed by atoms with Crippen molar-refractivity contribution >= 4 is 33.0 Å². The number of oxazole rings is 1. The Morgan fingerprint density at radius 1 is 0.425 bits per heavy atom. The van der Waals surface area contributed by atoms with E-state index in [1.807, 2.05) is 121 Å². The summed E-state index contributed by atoms with van der Waals surface area (Å²) in [5.74, 6) is 2.32. The first-order valence-electron chi connectivity index (χ1n) is 13.0. The van der Waals surface area contributed by atoms with Crippen molar-refractivity contribution in [3.63, 3.8) is 0 Å². The molecule has 0 bridgehead atoms. The minimum absolute atomic E-state index is 0.519. The van der Waals surface area contributed by atoms with Gasteiger partial charge in [-0.1, -0.05) is 97.1 Å². The summed E-state index contributed by atoms with van der Waals surface area (Å²) in [4.78, 5) is 19.5. The highest BCUT2D eigenvalue weighted by Crippen LogP contribution is 2.40. The fraction of sp³-hybridized carbons (Fsp3) is 0. The lowest BCUT2D eigenvalue weighted by Gasteiger charge is -2.09. The Kier molecular flexibility index (Phi) is 5.03. The van der Waals surface area contributed by atoms with E-state index in [1.54, 1.807) is 0 Å². The van der Waals surface area contributed by atoms with Gasteiger partial charge in [0, 0.05) is 27.5 Å². The van der Waals surface area contributed by atoms with Crippen molar-refractivity contribution in [2.45, 2.75) is 0 Å². The average Bonchev–Trinajstić information content (AvgIpc) is 3.63. The molecule has 0 unspecified atom stereocenters. The van der Waals surface area contributed by atoms with Crippen molar-refractivity contribution in [2.75, 3.05) is 0 Å². The standard InChI is InChI=1S/C34H20N4O2/c1-3-11-21(12-4-1)31-36-32(22-13-5-2-6-14-22)38-33(37-31)24-16-10-20-28-29(24)23-15-9-17-25(30(23)39-28)34-35-26-18-7-8-19-27(26)40-34/h1-20H. The third kappa shape index (κ3) is 3.66. The number of hydrogen-bond donors (Lipinski definition) is 0. The Morgan fingerprint density at radius 3 is 1.75 bits per heavy atom. The summed E-state index contributed by atoms with van der Waals surface area (Å²) in [5.41, 5.74) is 6.48. The first-order chi connectivity index (χ1) is 19.8. The third-order valence-electron chi connectivity index (χ3n) is 6.99. The molecule has 188 valence electrons. The number of aromatic nitrogens is 4. The molecule has 40 heavy (non-hydrogen) atoms. The van der Waals surface area contributed by atoms with Gasteiger partial charge in [0.25, 0.3) is 0 Å². The van der Waals surface area contributed by atoms with E-state index in [0.717, 1.165) is 49.7 Å². The number of para-hydroxylation sites is 3. The van der Waals surface area contributed by atoms with Gasteiger partial charge in [-0.2, -0.15) is 0 Å². The van der Waals surface area contributed by atoms with Crippen LogP contribution in [-0.4, -0.2) is 19.9 Å². The summed E-state index contributed by atoms with van der Waals surface area (Å²) in [6, 6.07) is 39.7. The Labute approximate surface area is 228 Å². The number of hydrogen-bond acceptors (Lipinski definition) is 6. The van der Waals surface area contributed by atoms with Gasteiger partial charge in [-0.15, -0.1) is 0 Å². The van der Waals surface area contributed by atoms with E-state index in [4.69, 9.17) is 28.8 Å². The molecule has 3 aromatic heterocycles. The summed E-state index contributed by atoms with van der Waals surface area (Å²) in [6.45, 7) is 0. The minimum atomic E-state index is 0.519. The maximum Gasteiger partial charge on any atom is 0.231 e. The molecular weight excluding hydrogens is 496 g/mol. The van der Waals surface area contributed by atoms with Crippen LogP contribution in [0.2, 0.25) is 0 Å². The van der Waals surface area contributed by atoms with Gasteiger partial charge < -0.3 is 8.83 Å². The Bertz CT molecular complexity index is 2080. The van der Waals surface area contributed by atoms with Crippen LogP contribution in [0.3, 0.4) is 0 Å². The molecule has 0 N–H and O–H groups in total. The van der Waals surface area contributed by atoms with E-state index < -0.39 is 0 Å². The zero-order chi connectivity index (χ0) is 26.5. The normalized spacial score (nSPS) is 11.5. The zero-order valence-electron chi connectivity index (χ0n) is 21.2. The maximum atomic E-state index is 6.45. The zero-order valence-corrected chi connectivity index (χ0v) is 21.2. The van der Waals surface area contributed by atoms with E-state index in [1.165, 1.54) is 0 Å². The fourth-order valence-electron chi connectivity index (χ4n) is 5.12. The van der Waals surface area contributed by atoms with Crippen LogP contribution in [-0.2, 0) is 0 Å². The van der Waals surface area contributed by atoms with Crippen LogP contribution >= 0.6 is 0 Å². The van der Waals surface area contributed by atoms with Crippen molar-refractivity contribution in [2.24, 2.45) is 0 Å². The largest absolute Gasteiger partial charge is 0.455 e. The van der Waals surface area contributed by atoms with Crippen LogP contribution in [0.1, 0.15) is 0 Å². The van der Waals surface area contributed by atoms with Crippen LogP contribution in [0, 0.1) is 0 Å². The number of rotatable bonds is 4. The van der Waals surface area contributed by atoms with E-state index in [0.29, 0.717) is 28.9 Å². The molecule has 0 fully saturated rings. The Hall–Kier alpha value is -5.62. The monoisotopic (exact) mass is 516 g/mol. The highest BCUT2D eigenvalue weighted by atomic mass is 16.4. The Balaban J connectivity index is 1.37. The Morgan fingerprint density at radius 2 is 1.02 bits per heavy atom. The fourth-order valence-corrected chi connectivity index (χ4v) is 5.12. The van der Waals surface area contributed by atoms with Gasteiger partial charge in [0.1, 0.15) is 16.7 Å². The molecule has 8 rings (SSSR count). The van der Waals surface area contributed by atoms with Gasteiger partial charge in [0.15, 0.2) is 23.1 Å². The van der Waals surface area contributed by atoms with Crippen LogP contribution in [0.15, 0.2) is 130 Å². The molecule has 0 aliphatic heterocycles. The second kappa shape index (κ2) is 8.99. The van der Waals surface area contributed by atoms with Crippen molar-refractivity contribution in [1.29, 1.82) is 0 Å². The molecule has 0 aliphatic carbocycles. The second-order valence-electron chi connectivity index (χ2n) is 9.49. The molecule has 0 saturated heterocycles. The molecule has 5 aromatic carbocycles. The average molecular weight is 517 g/mol. The molecule has 0 atom stereocenters. The van der Waals surface area contributed by atoms with Crippen LogP contribution in [0.25, 0.3) is 78.7 Å². The first-order valence-corrected chi connectivity index (χ1v) is 13.0. The molecule has 0 radical (unpaired) electrons. The molecular formula is C34H20N4O2. The molecule has 0 amide bonds. The van der Waals surface area contributed by atoms with Gasteiger partial charge >= 0.3 is 0 Å². The predicted molar refractivity (Wildman–Crippen MR) is 156 cm³/mol. The molecule has 3 heterocycles. The quantitative estimate of drug-likeness (QED) is 0.233. The highest BCUT2D eigenvalue weighted by Gasteiger charge is 2.21. The lowest BCUT2D eigenvalue weighted by atomic mass is 10.0.